The van der Waals surface area contributed by atoms with Crippen LogP contribution in [0.15, 0.2) is 16.6 Å². The molecule has 3 N–H and O–H groups in total. The number of hydrogen-bond acceptors (Lipinski definition) is 4. The molecule has 1 heterocycles. The molecule has 18 heavy (non-hydrogen) atoms. The van der Waals surface area contributed by atoms with Crippen molar-refractivity contribution < 1.29 is 9.47 Å². The highest BCUT2D eigenvalue weighted by Crippen LogP contribution is 2.40. The van der Waals surface area contributed by atoms with Crippen molar-refractivity contribution in [3.63, 3.8) is 0 Å². The number of fused-ring (bicyclic) bond motifs is 1. The first-order chi connectivity index (χ1) is 8.78. The van der Waals surface area contributed by atoms with Gasteiger partial charge in [-0.1, -0.05) is 0 Å². The van der Waals surface area contributed by atoms with E-state index in [9.17, 15) is 0 Å². The first-order valence-corrected chi connectivity index (χ1v) is 7.12. The SMILES string of the molecule is NCC(NC1CC1)c1cc(Br)c2c(c1)OCCO2. The van der Waals surface area contributed by atoms with Gasteiger partial charge in [0.1, 0.15) is 13.2 Å². The van der Waals surface area contributed by atoms with Crippen LogP contribution in [-0.2, 0) is 0 Å². The maximum absolute atomic E-state index is 5.86. The van der Waals surface area contributed by atoms with E-state index in [1.807, 2.05) is 6.07 Å². The van der Waals surface area contributed by atoms with Crippen molar-refractivity contribution in [3.05, 3.63) is 22.2 Å². The van der Waals surface area contributed by atoms with Gasteiger partial charge in [-0.2, -0.15) is 0 Å². The zero-order chi connectivity index (χ0) is 12.5. The molecule has 1 aromatic carbocycles. The van der Waals surface area contributed by atoms with Gasteiger partial charge in [0.05, 0.1) is 4.47 Å². The standard InChI is InChI=1S/C13H17BrN2O2/c14-10-5-8(11(7-15)16-9-1-2-9)6-12-13(10)18-4-3-17-12/h5-6,9,11,16H,1-4,7,15H2. The largest absolute Gasteiger partial charge is 0.486 e. The molecule has 0 bridgehead atoms. The molecule has 2 aliphatic rings. The van der Waals surface area contributed by atoms with Crippen LogP contribution < -0.4 is 20.5 Å². The van der Waals surface area contributed by atoms with Gasteiger partial charge in [-0.25, -0.2) is 0 Å². The number of nitrogens with one attached hydrogen (secondary N) is 1. The van der Waals surface area contributed by atoms with Crippen LogP contribution in [0.4, 0.5) is 0 Å². The summed E-state index contributed by atoms with van der Waals surface area (Å²) in [6, 6.07) is 4.92. The Bertz CT molecular complexity index is 449. The Morgan fingerprint density at radius 3 is 2.83 bits per heavy atom. The van der Waals surface area contributed by atoms with Gasteiger partial charge in [-0.3, -0.25) is 0 Å². The Hall–Kier alpha value is -0.780. The van der Waals surface area contributed by atoms with Gasteiger partial charge in [0.15, 0.2) is 11.5 Å². The summed E-state index contributed by atoms with van der Waals surface area (Å²) in [4.78, 5) is 0. The second kappa shape index (κ2) is 5.07. The molecule has 0 spiro atoms. The van der Waals surface area contributed by atoms with Crippen molar-refractivity contribution in [1.29, 1.82) is 0 Å². The van der Waals surface area contributed by atoms with Gasteiger partial charge in [-0.15, -0.1) is 0 Å². The molecule has 1 unspecified atom stereocenters. The summed E-state index contributed by atoms with van der Waals surface area (Å²) in [5.74, 6) is 1.61. The molecule has 0 radical (unpaired) electrons. The van der Waals surface area contributed by atoms with Crippen LogP contribution in [0.2, 0.25) is 0 Å². The maximum atomic E-state index is 5.86. The monoisotopic (exact) mass is 312 g/mol. The highest BCUT2D eigenvalue weighted by Gasteiger charge is 2.26. The molecule has 1 atom stereocenters. The van der Waals surface area contributed by atoms with Crippen molar-refractivity contribution in [3.8, 4) is 11.5 Å². The highest BCUT2D eigenvalue weighted by molar-refractivity contribution is 9.10. The van der Waals surface area contributed by atoms with E-state index in [0.29, 0.717) is 25.8 Å². The summed E-state index contributed by atoms with van der Waals surface area (Å²) in [7, 11) is 0. The summed E-state index contributed by atoms with van der Waals surface area (Å²) >= 11 is 3.54. The molecule has 0 amide bonds. The average molecular weight is 313 g/mol. The second-order valence-electron chi connectivity index (χ2n) is 4.76. The van der Waals surface area contributed by atoms with Crippen molar-refractivity contribution in [2.75, 3.05) is 19.8 Å². The minimum Gasteiger partial charge on any atom is -0.486 e. The lowest BCUT2D eigenvalue weighted by Gasteiger charge is -2.23. The van der Waals surface area contributed by atoms with Crippen LogP contribution >= 0.6 is 15.9 Å². The summed E-state index contributed by atoms with van der Waals surface area (Å²) in [6.45, 7) is 1.79. The minimum absolute atomic E-state index is 0.185. The minimum atomic E-state index is 0.185. The van der Waals surface area contributed by atoms with Gasteiger partial charge < -0.3 is 20.5 Å². The van der Waals surface area contributed by atoms with E-state index >= 15 is 0 Å². The van der Waals surface area contributed by atoms with E-state index in [1.165, 1.54) is 12.8 Å². The Morgan fingerprint density at radius 2 is 2.11 bits per heavy atom. The van der Waals surface area contributed by atoms with Crippen LogP contribution in [0.25, 0.3) is 0 Å². The van der Waals surface area contributed by atoms with Gasteiger partial charge in [0.25, 0.3) is 0 Å². The predicted molar refractivity (Wildman–Crippen MR) is 73.1 cm³/mol. The zero-order valence-corrected chi connectivity index (χ0v) is 11.7. The van der Waals surface area contributed by atoms with Crippen molar-refractivity contribution in [2.45, 2.75) is 24.9 Å². The summed E-state index contributed by atoms with van der Waals surface area (Å²) < 4.78 is 12.2. The van der Waals surface area contributed by atoms with Gasteiger partial charge >= 0.3 is 0 Å². The Morgan fingerprint density at radius 1 is 1.33 bits per heavy atom. The van der Waals surface area contributed by atoms with Crippen molar-refractivity contribution in [1.82, 2.24) is 5.32 Å². The van der Waals surface area contributed by atoms with Crippen LogP contribution in [0.1, 0.15) is 24.4 Å². The van der Waals surface area contributed by atoms with Crippen molar-refractivity contribution in [2.24, 2.45) is 5.73 Å². The molecule has 1 aliphatic carbocycles. The first-order valence-electron chi connectivity index (χ1n) is 6.33. The first kappa shape index (κ1) is 12.3. The highest BCUT2D eigenvalue weighted by atomic mass is 79.9. The van der Waals surface area contributed by atoms with E-state index < -0.39 is 0 Å². The third-order valence-electron chi connectivity index (χ3n) is 3.27. The number of halogens is 1. The fourth-order valence-corrected chi connectivity index (χ4v) is 2.74. The molecule has 98 valence electrons. The number of benzene rings is 1. The second-order valence-corrected chi connectivity index (χ2v) is 5.61. The smallest absolute Gasteiger partial charge is 0.175 e. The van der Waals surface area contributed by atoms with Gasteiger partial charge in [-0.05, 0) is 46.5 Å². The number of nitrogens with two attached hydrogens (primary N) is 1. The molecular formula is C13H17BrN2O2. The summed E-state index contributed by atoms with van der Waals surface area (Å²) in [5, 5.41) is 3.55. The predicted octanol–water partition coefficient (Wildman–Crippen LogP) is 1.97. The lowest BCUT2D eigenvalue weighted by atomic mass is 10.1. The van der Waals surface area contributed by atoms with Crippen LogP contribution in [0.5, 0.6) is 11.5 Å². The quantitative estimate of drug-likeness (QED) is 0.892. The van der Waals surface area contributed by atoms with Gasteiger partial charge in [0, 0.05) is 18.6 Å². The Kier molecular flexibility index (Phi) is 3.46. The zero-order valence-electron chi connectivity index (χ0n) is 10.1. The van der Waals surface area contributed by atoms with E-state index in [4.69, 9.17) is 15.2 Å². The molecule has 1 saturated carbocycles. The lowest BCUT2D eigenvalue weighted by Crippen LogP contribution is -2.30. The van der Waals surface area contributed by atoms with Crippen LogP contribution in [-0.4, -0.2) is 25.8 Å². The summed E-state index contributed by atoms with van der Waals surface area (Å²) in [5.41, 5.74) is 7.01. The number of ether oxygens (including phenoxy) is 2. The van der Waals surface area contributed by atoms with Crippen LogP contribution in [0, 0.1) is 0 Å². The maximum Gasteiger partial charge on any atom is 0.175 e. The van der Waals surface area contributed by atoms with E-state index in [1.54, 1.807) is 0 Å². The molecule has 5 heteroatoms. The number of rotatable bonds is 4. The molecule has 1 aromatic rings. The molecule has 1 fully saturated rings. The third kappa shape index (κ3) is 2.48. The van der Waals surface area contributed by atoms with Crippen molar-refractivity contribution >= 4 is 15.9 Å². The third-order valence-corrected chi connectivity index (χ3v) is 3.86. The molecule has 1 aliphatic heterocycles. The number of hydrogen-bond donors (Lipinski definition) is 2. The normalized spacial score (nSPS) is 19.7. The Balaban J connectivity index is 1.88. The fraction of sp³-hybridized carbons (Fsp3) is 0.538. The van der Waals surface area contributed by atoms with E-state index in [0.717, 1.165) is 21.5 Å². The topological polar surface area (TPSA) is 56.5 Å². The van der Waals surface area contributed by atoms with Crippen LogP contribution in [0.3, 0.4) is 0 Å². The summed E-state index contributed by atoms with van der Waals surface area (Å²) in [6.07, 6.45) is 2.50. The Labute approximate surface area is 115 Å². The molecule has 3 rings (SSSR count). The molecular weight excluding hydrogens is 296 g/mol. The molecule has 0 aromatic heterocycles. The van der Waals surface area contributed by atoms with Gasteiger partial charge in [0.2, 0.25) is 0 Å². The van der Waals surface area contributed by atoms with E-state index in [2.05, 4.69) is 27.3 Å². The lowest BCUT2D eigenvalue weighted by molar-refractivity contribution is 0.170. The fourth-order valence-electron chi connectivity index (χ4n) is 2.17. The molecule has 0 saturated heterocycles. The average Bonchev–Trinajstić information content (AvgIpc) is 3.20. The molecule has 4 nitrogen and oxygen atoms in total. The van der Waals surface area contributed by atoms with E-state index in [-0.39, 0.29) is 6.04 Å².